The van der Waals surface area contributed by atoms with E-state index < -0.39 is 47.2 Å². The average molecular weight is 576 g/mol. The second kappa shape index (κ2) is 11.9. The molecule has 2 aromatic heterocycles. The number of esters is 1. The minimum atomic E-state index is -2.25. The van der Waals surface area contributed by atoms with Crippen LogP contribution >= 0.6 is 23.6 Å². The highest BCUT2D eigenvalue weighted by Gasteiger charge is 2.28. The molecule has 0 fully saturated rings. The molecule has 3 aromatic rings. The summed E-state index contributed by atoms with van der Waals surface area (Å²) in [7, 11) is 1.20. The summed E-state index contributed by atoms with van der Waals surface area (Å²) >= 11 is 6.28. The number of thiophene rings is 1. The topological polar surface area (TPSA) is 88.5 Å². The van der Waals surface area contributed by atoms with Gasteiger partial charge in [-0.25, -0.2) is 26.7 Å². The second-order valence-corrected chi connectivity index (χ2v) is 9.18. The lowest BCUT2D eigenvalue weighted by Crippen LogP contribution is -2.30. The highest BCUT2D eigenvalue weighted by Crippen LogP contribution is 2.34. The molecule has 2 N–H and O–H groups in total. The van der Waals surface area contributed by atoms with Gasteiger partial charge in [-0.05, 0) is 38.6 Å². The molecule has 0 aliphatic rings. The third-order valence-corrected chi connectivity index (χ3v) is 6.91. The number of nitrogens with one attached hydrogen (secondary N) is 2. The molecule has 8 nitrogen and oxygen atoms in total. The minimum Gasteiger partial charge on any atom is -0.465 e. The molecular formula is C23H22F5N5O3S2. The van der Waals surface area contributed by atoms with E-state index in [1.165, 1.54) is 19.4 Å². The third kappa shape index (κ3) is 5.62. The van der Waals surface area contributed by atoms with Crippen molar-refractivity contribution >= 4 is 51.4 Å². The van der Waals surface area contributed by atoms with Crippen molar-refractivity contribution in [3.63, 3.8) is 0 Å². The SMILES string of the molecule is CCN(CC)C(=O)c1sc(NC(=S)Nc2ccn(Cc3c(F)c(F)c(F)c(F)c3F)n2)c(C(=O)OC)c1C. The van der Waals surface area contributed by atoms with Crippen LogP contribution in [0.5, 0.6) is 0 Å². The van der Waals surface area contributed by atoms with Crippen molar-refractivity contribution in [2.45, 2.75) is 27.3 Å². The van der Waals surface area contributed by atoms with E-state index in [0.29, 0.717) is 23.5 Å². The number of thiocarbonyl (C=S) groups is 1. The van der Waals surface area contributed by atoms with Gasteiger partial charge in [0.05, 0.1) is 29.7 Å². The Morgan fingerprint density at radius 2 is 1.63 bits per heavy atom. The first-order valence-corrected chi connectivity index (χ1v) is 12.3. The summed E-state index contributed by atoms with van der Waals surface area (Å²) in [6.07, 6.45) is 1.24. The standard InChI is InChI=1S/C23H22F5N5O3S2/c1-5-32(6-2)21(34)19-10(3)13(22(35)36-4)20(38-19)30-23(37)29-12-7-8-33(31-12)9-11-14(24)16(26)18(28)17(27)15(11)25/h7-8H,5-6,9H2,1-4H3,(H2,29,30,31,37). The van der Waals surface area contributed by atoms with E-state index in [2.05, 4.69) is 15.7 Å². The molecule has 0 unspecified atom stereocenters. The first kappa shape index (κ1) is 29.0. The van der Waals surface area contributed by atoms with Crippen molar-refractivity contribution in [3.05, 3.63) is 62.9 Å². The molecular weight excluding hydrogens is 553 g/mol. The van der Waals surface area contributed by atoms with E-state index in [1.807, 2.05) is 13.8 Å². The van der Waals surface area contributed by atoms with Crippen LogP contribution in [0.15, 0.2) is 12.3 Å². The van der Waals surface area contributed by atoms with E-state index in [1.54, 1.807) is 11.8 Å². The Balaban J connectivity index is 1.81. The molecule has 0 saturated heterocycles. The number of methoxy groups -OCH3 is 1. The smallest absolute Gasteiger partial charge is 0.341 e. The lowest BCUT2D eigenvalue weighted by atomic mass is 10.1. The van der Waals surface area contributed by atoms with Gasteiger partial charge in [0.15, 0.2) is 34.2 Å². The number of ether oxygens (including phenoxy) is 1. The van der Waals surface area contributed by atoms with Crippen LogP contribution in [0.2, 0.25) is 0 Å². The fraction of sp³-hybridized carbons (Fsp3) is 0.304. The summed E-state index contributed by atoms with van der Waals surface area (Å²) < 4.78 is 74.0. The predicted molar refractivity (Wildman–Crippen MR) is 135 cm³/mol. The first-order chi connectivity index (χ1) is 17.9. The number of halogens is 5. The summed E-state index contributed by atoms with van der Waals surface area (Å²) in [6, 6.07) is 1.34. The van der Waals surface area contributed by atoms with E-state index in [0.717, 1.165) is 16.0 Å². The molecule has 1 amide bonds. The van der Waals surface area contributed by atoms with E-state index >= 15 is 0 Å². The summed E-state index contributed by atoms with van der Waals surface area (Å²) in [5.74, 6) is -11.2. The zero-order chi connectivity index (χ0) is 28.3. The number of anilines is 2. The number of nitrogens with zero attached hydrogens (tertiary/aromatic N) is 3. The number of amides is 1. The molecule has 0 aliphatic carbocycles. The van der Waals surface area contributed by atoms with E-state index in [9.17, 15) is 31.5 Å². The maximum Gasteiger partial charge on any atom is 0.341 e. The molecule has 0 bridgehead atoms. The molecule has 0 radical (unpaired) electrons. The first-order valence-electron chi connectivity index (χ1n) is 11.1. The number of hydrogen-bond donors (Lipinski definition) is 2. The Bertz CT molecular complexity index is 1380. The number of benzene rings is 1. The quantitative estimate of drug-likeness (QED) is 0.127. The summed E-state index contributed by atoms with van der Waals surface area (Å²) in [5, 5.41) is 9.68. The second-order valence-electron chi connectivity index (χ2n) is 7.76. The molecule has 0 saturated carbocycles. The molecule has 0 aliphatic heterocycles. The van der Waals surface area contributed by atoms with Crippen LogP contribution in [0, 0.1) is 36.0 Å². The lowest BCUT2D eigenvalue weighted by molar-refractivity contribution is 0.0601. The fourth-order valence-corrected chi connectivity index (χ4v) is 4.96. The van der Waals surface area contributed by atoms with Gasteiger partial charge < -0.3 is 20.3 Å². The number of rotatable bonds is 8. The van der Waals surface area contributed by atoms with Crippen LogP contribution in [0.25, 0.3) is 0 Å². The van der Waals surface area contributed by atoms with E-state index in [4.69, 9.17) is 17.0 Å². The van der Waals surface area contributed by atoms with Crippen molar-refractivity contribution in [2.75, 3.05) is 30.8 Å². The van der Waals surface area contributed by atoms with Crippen LogP contribution in [0.4, 0.5) is 32.8 Å². The van der Waals surface area contributed by atoms with Gasteiger partial charge in [-0.3, -0.25) is 9.48 Å². The Morgan fingerprint density at radius 3 is 2.18 bits per heavy atom. The highest BCUT2D eigenvalue weighted by atomic mass is 32.1. The average Bonchev–Trinajstić information content (AvgIpc) is 3.47. The van der Waals surface area contributed by atoms with Gasteiger partial charge in [-0.2, -0.15) is 5.10 Å². The molecule has 1 aromatic carbocycles. The van der Waals surface area contributed by atoms with Crippen molar-refractivity contribution in [1.29, 1.82) is 0 Å². The van der Waals surface area contributed by atoms with Crippen LogP contribution in [-0.2, 0) is 11.3 Å². The van der Waals surface area contributed by atoms with Crippen molar-refractivity contribution in [1.82, 2.24) is 14.7 Å². The Morgan fingerprint density at radius 1 is 1.05 bits per heavy atom. The van der Waals surface area contributed by atoms with Gasteiger partial charge in [0.2, 0.25) is 5.82 Å². The summed E-state index contributed by atoms with van der Waals surface area (Å²) in [5.41, 5.74) is -0.524. The maximum absolute atomic E-state index is 14.0. The molecule has 38 heavy (non-hydrogen) atoms. The summed E-state index contributed by atoms with van der Waals surface area (Å²) in [6.45, 7) is 5.46. The predicted octanol–water partition coefficient (Wildman–Crippen LogP) is 5.07. The number of carbonyl (C=O) groups is 2. The lowest BCUT2D eigenvalue weighted by Gasteiger charge is -2.17. The van der Waals surface area contributed by atoms with Crippen molar-refractivity contribution in [2.24, 2.45) is 0 Å². The van der Waals surface area contributed by atoms with Gasteiger partial charge >= 0.3 is 5.97 Å². The fourth-order valence-electron chi connectivity index (χ4n) is 3.53. The van der Waals surface area contributed by atoms with E-state index in [-0.39, 0.29) is 27.4 Å². The normalized spacial score (nSPS) is 10.9. The zero-order valence-corrected chi connectivity index (χ0v) is 22.2. The molecule has 2 heterocycles. The van der Waals surface area contributed by atoms with Crippen molar-refractivity contribution < 1.29 is 36.3 Å². The van der Waals surface area contributed by atoms with Gasteiger partial charge in [-0.15, -0.1) is 11.3 Å². The molecule has 15 heteroatoms. The van der Waals surface area contributed by atoms with Crippen LogP contribution in [-0.4, -0.2) is 51.9 Å². The Labute approximate surface area is 223 Å². The monoisotopic (exact) mass is 575 g/mol. The maximum atomic E-state index is 14.0. The molecule has 3 rings (SSSR count). The Kier molecular flexibility index (Phi) is 9.04. The zero-order valence-electron chi connectivity index (χ0n) is 20.5. The van der Waals surface area contributed by atoms with Gasteiger partial charge in [0.1, 0.15) is 5.00 Å². The van der Waals surface area contributed by atoms with Crippen LogP contribution in [0.1, 0.15) is 45.0 Å². The molecule has 0 spiro atoms. The number of hydrogen-bond acceptors (Lipinski definition) is 6. The minimum absolute atomic E-state index is 0.0558. The molecule has 0 atom stereocenters. The van der Waals surface area contributed by atoms with Gasteiger partial charge in [-0.1, -0.05) is 0 Å². The van der Waals surface area contributed by atoms with Crippen LogP contribution in [0.3, 0.4) is 0 Å². The van der Waals surface area contributed by atoms with Gasteiger partial charge in [0.25, 0.3) is 5.91 Å². The summed E-state index contributed by atoms with van der Waals surface area (Å²) in [4.78, 5) is 27.3. The van der Waals surface area contributed by atoms with Crippen molar-refractivity contribution in [3.8, 4) is 0 Å². The molecule has 204 valence electrons. The number of aromatic nitrogens is 2. The number of carbonyl (C=O) groups excluding carboxylic acids is 2. The third-order valence-electron chi connectivity index (χ3n) is 5.51. The highest BCUT2D eigenvalue weighted by molar-refractivity contribution is 7.80. The Hall–Kier alpha value is -3.59. The van der Waals surface area contributed by atoms with Crippen LogP contribution < -0.4 is 10.6 Å². The largest absolute Gasteiger partial charge is 0.465 e. The van der Waals surface area contributed by atoms with Gasteiger partial charge in [0, 0.05) is 25.4 Å².